The lowest BCUT2D eigenvalue weighted by Crippen LogP contribution is -2.44. The molecule has 96 valence electrons. The summed E-state index contributed by atoms with van der Waals surface area (Å²) >= 11 is 0. The molecule has 0 aromatic rings. The summed E-state index contributed by atoms with van der Waals surface area (Å²) in [4.78, 5) is 0. The first-order valence-corrected chi connectivity index (χ1v) is 14.0. The second kappa shape index (κ2) is 4.50. The number of ether oxygens (including phenoxy) is 1. The third kappa shape index (κ3) is 2.71. The van der Waals surface area contributed by atoms with Crippen molar-refractivity contribution in [2.75, 3.05) is 0 Å². The van der Waals surface area contributed by atoms with Gasteiger partial charge in [0.15, 0.2) is 0 Å². The minimum Gasteiger partial charge on any atom is -0.381 e. The number of fused-ring (bicyclic) bond motifs is 1. The Hall–Kier alpha value is 0.394. The minimum atomic E-state index is -1.22. The lowest BCUT2D eigenvalue weighted by molar-refractivity contribution is 0.110. The van der Waals surface area contributed by atoms with Crippen LogP contribution in [0.4, 0.5) is 0 Å². The molecule has 0 aromatic heterocycles. The van der Waals surface area contributed by atoms with Crippen LogP contribution in [0, 0.1) is 24.7 Å². The molecule has 1 heterocycles. The molecule has 17 heavy (non-hydrogen) atoms. The van der Waals surface area contributed by atoms with Crippen LogP contribution in [0.3, 0.4) is 0 Å². The minimum absolute atomic E-state index is 0.541. The molecule has 4 unspecified atom stereocenters. The predicted molar refractivity (Wildman–Crippen MR) is 78.1 cm³/mol. The van der Waals surface area contributed by atoms with Crippen LogP contribution >= 0.6 is 0 Å². The Morgan fingerprint density at radius 3 is 1.41 bits per heavy atom. The highest BCUT2D eigenvalue weighted by Gasteiger charge is 2.53. The quantitative estimate of drug-likeness (QED) is 0.693. The highest BCUT2D eigenvalue weighted by Crippen LogP contribution is 2.47. The Kier molecular flexibility index (Phi) is 3.65. The van der Waals surface area contributed by atoms with Crippen LogP contribution in [0.25, 0.3) is 0 Å². The smallest absolute Gasteiger partial charge is 0.0789 e. The van der Waals surface area contributed by atoms with E-state index >= 15 is 0 Å². The van der Waals surface area contributed by atoms with Gasteiger partial charge < -0.3 is 4.74 Å². The molecular weight excluding hydrogens is 240 g/mol. The van der Waals surface area contributed by atoms with Crippen molar-refractivity contribution in [3.8, 4) is 0 Å². The topological polar surface area (TPSA) is 9.23 Å². The molecule has 0 bridgehead atoms. The van der Waals surface area contributed by atoms with Gasteiger partial charge >= 0.3 is 0 Å². The standard InChI is InChI=1S/C14H26OSi2/c1-16(2,3)13-11-9-7-8-10-12(11)14(15-13)17(4,5)6/h11-14H,9-10H2,1-6H3. The van der Waals surface area contributed by atoms with E-state index in [1.165, 1.54) is 0 Å². The highest BCUT2D eigenvalue weighted by atomic mass is 28.3. The van der Waals surface area contributed by atoms with Gasteiger partial charge in [-0.15, -0.1) is 0 Å². The summed E-state index contributed by atoms with van der Waals surface area (Å²) in [7, 11) is -2.44. The molecule has 2 rings (SSSR count). The maximum Gasteiger partial charge on any atom is 0.0789 e. The molecule has 0 N–H and O–H groups in total. The summed E-state index contributed by atoms with van der Waals surface area (Å²) in [5.74, 6) is 1.47. The molecule has 1 saturated heterocycles. The van der Waals surface area contributed by atoms with Crippen molar-refractivity contribution in [3.05, 3.63) is 12.8 Å². The Morgan fingerprint density at radius 1 is 0.765 bits per heavy atom. The van der Waals surface area contributed by atoms with Crippen LogP contribution < -0.4 is 0 Å². The fourth-order valence-corrected chi connectivity index (χ4v) is 7.94. The van der Waals surface area contributed by atoms with Crippen molar-refractivity contribution in [1.29, 1.82) is 0 Å². The summed E-state index contributed by atoms with van der Waals surface area (Å²) in [5.41, 5.74) is 1.08. The third-order valence-corrected chi connectivity index (χ3v) is 8.67. The van der Waals surface area contributed by atoms with E-state index in [1.54, 1.807) is 0 Å². The molecule has 0 spiro atoms. The van der Waals surface area contributed by atoms with Crippen LogP contribution in [0.2, 0.25) is 39.3 Å². The molecule has 3 heteroatoms. The van der Waals surface area contributed by atoms with Gasteiger partial charge in [-0.25, -0.2) is 0 Å². The Labute approximate surface area is 109 Å². The van der Waals surface area contributed by atoms with E-state index in [0.717, 1.165) is 24.7 Å². The van der Waals surface area contributed by atoms with Crippen molar-refractivity contribution in [2.45, 2.75) is 63.6 Å². The number of rotatable bonds is 2. The Morgan fingerprint density at radius 2 is 1.12 bits per heavy atom. The van der Waals surface area contributed by atoms with Gasteiger partial charge in [0.1, 0.15) is 0 Å². The summed E-state index contributed by atoms with van der Waals surface area (Å²) in [5, 5.41) is 0. The molecule has 2 aliphatic rings. The molecule has 1 saturated carbocycles. The second-order valence-corrected chi connectivity index (χ2v) is 18.4. The van der Waals surface area contributed by atoms with E-state index in [4.69, 9.17) is 4.74 Å². The molecule has 4 radical (unpaired) electrons. The molecule has 2 fully saturated rings. The molecule has 1 aliphatic carbocycles. The van der Waals surface area contributed by atoms with Gasteiger partial charge in [0.05, 0.1) is 27.6 Å². The monoisotopic (exact) mass is 266 g/mol. The van der Waals surface area contributed by atoms with Gasteiger partial charge in [0, 0.05) is 0 Å². The molecule has 0 amide bonds. The van der Waals surface area contributed by atoms with E-state index in [9.17, 15) is 0 Å². The zero-order chi connectivity index (χ0) is 12.8. The fourth-order valence-electron chi connectivity index (χ4n) is 3.40. The Balaban J connectivity index is 2.23. The lowest BCUT2D eigenvalue weighted by Gasteiger charge is -2.34. The van der Waals surface area contributed by atoms with E-state index in [2.05, 4.69) is 52.1 Å². The molecule has 1 nitrogen and oxygen atoms in total. The van der Waals surface area contributed by atoms with Gasteiger partial charge in [0.25, 0.3) is 0 Å². The van der Waals surface area contributed by atoms with E-state index < -0.39 is 16.1 Å². The molecule has 1 aliphatic heterocycles. The van der Waals surface area contributed by atoms with Crippen LogP contribution in [0.15, 0.2) is 0 Å². The first-order chi connectivity index (χ1) is 7.71. The SMILES string of the molecule is C[Si](C)(C)C1OC([Si](C)(C)C)C2C[C][C]CC21. The maximum atomic E-state index is 6.58. The summed E-state index contributed by atoms with van der Waals surface area (Å²) in [6, 6.07) is 0. The molecular formula is C14H26OSi2. The molecule has 4 atom stereocenters. The summed E-state index contributed by atoms with van der Waals surface area (Å²) in [6.07, 6.45) is 8.84. The average Bonchev–Trinajstić information content (AvgIpc) is 2.55. The third-order valence-electron chi connectivity index (χ3n) is 4.13. The zero-order valence-electron chi connectivity index (χ0n) is 12.1. The van der Waals surface area contributed by atoms with Gasteiger partial charge in [-0.05, 0) is 37.5 Å². The zero-order valence-corrected chi connectivity index (χ0v) is 14.1. The van der Waals surface area contributed by atoms with E-state index in [-0.39, 0.29) is 0 Å². The van der Waals surface area contributed by atoms with Crippen molar-refractivity contribution in [3.63, 3.8) is 0 Å². The van der Waals surface area contributed by atoms with E-state index in [0.29, 0.717) is 11.5 Å². The van der Waals surface area contributed by atoms with Crippen LogP contribution in [-0.2, 0) is 4.74 Å². The van der Waals surface area contributed by atoms with Crippen molar-refractivity contribution in [2.24, 2.45) is 11.8 Å². The van der Waals surface area contributed by atoms with Gasteiger partial charge in [-0.1, -0.05) is 39.3 Å². The predicted octanol–water partition coefficient (Wildman–Crippen LogP) is 3.70. The summed E-state index contributed by atoms with van der Waals surface area (Å²) in [6.45, 7) is 14.7. The maximum absolute atomic E-state index is 6.58. The van der Waals surface area contributed by atoms with E-state index in [1.807, 2.05) is 0 Å². The number of hydrogen-bond donors (Lipinski definition) is 0. The Bertz CT molecular complexity index is 249. The van der Waals surface area contributed by atoms with Crippen molar-refractivity contribution < 1.29 is 4.74 Å². The van der Waals surface area contributed by atoms with Crippen LogP contribution in [0.5, 0.6) is 0 Å². The fraction of sp³-hybridized carbons (Fsp3) is 0.857. The second-order valence-electron chi connectivity index (χ2n) is 7.80. The van der Waals surface area contributed by atoms with Crippen molar-refractivity contribution in [1.82, 2.24) is 0 Å². The normalized spacial score (nSPS) is 39.2. The lowest BCUT2D eigenvalue weighted by atomic mass is 9.81. The van der Waals surface area contributed by atoms with Crippen molar-refractivity contribution >= 4 is 16.1 Å². The average molecular weight is 267 g/mol. The van der Waals surface area contributed by atoms with Gasteiger partial charge in [-0.2, -0.15) is 0 Å². The van der Waals surface area contributed by atoms with Crippen LogP contribution in [-0.4, -0.2) is 27.6 Å². The first-order valence-electron chi connectivity index (χ1n) is 6.82. The number of hydrogen-bond acceptors (Lipinski definition) is 1. The molecule has 0 aromatic carbocycles. The van der Waals surface area contributed by atoms with Gasteiger partial charge in [-0.3, -0.25) is 0 Å². The van der Waals surface area contributed by atoms with Crippen LogP contribution in [0.1, 0.15) is 12.8 Å². The highest BCUT2D eigenvalue weighted by molar-refractivity contribution is 6.79. The first kappa shape index (κ1) is 13.8. The van der Waals surface area contributed by atoms with Gasteiger partial charge in [0.2, 0.25) is 0 Å². The summed E-state index contributed by atoms with van der Waals surface area (Å²) < 4.78 is 6.58. The largest absolute Gasteiger partial charge is 0.381 e.